The van der Waals surface area contributed by atoms with Crippen molar-refractivity contribution >= 4 is 11.8 Å². The van der Waals surface area contributed by atoms with E-state index in [9.17, 15) is 18.0 Å². The minimum atomic E-state index is -1.38. The Morgan fingerprint density at radius 2 is 1.94 bits per heavy atom. The molecule has 1 N–H and O–H groups in total. The Labute approximate surface area is 90.2 Å². The summed E-state index contributed by atoms with van der Waals surface area (Å²) in [6, 6.07) is 1.05. The predicted molar refractivity (Wildman–Crippen MR) is 51.6 cm³/mol. The van der Waals surface area contributed by atoms with Gasteiger partial charge in [-0.3, -0.25) is 5.32 Å². The molecule has 1 rings (SSSR count). The van der Waals surface area contributed by atoms with Gasteiger partial charge in [-0.2, -0.15) is 0 Å². The molecule has 0 aliphatic rings. The number of benzene rings is 1. The van der Waals surface area contributed by atoms with E-state index in [4.69, 9.17) is 0 Å². The van der Waals surface area contributed by atoms with Gasteiger partial charge in [-0.1, -0.05) is 0 Å². The fraction of sp³-hybridized carbons (Fsp3) is 0.300. The third-order valence-electron chi connectivity index (χ3n) is 1.57. The number of halogens is 3. The van der Waals surface area contributed by atoms with Gasteiger partial charge in [0.25, 0.3) is 0 Å². The van der Waals surface area contributed by atoms with Crippen LogP contribution in [0, 0.1) is 17.5 Å². The lowest BCUT2D eigenvalue weighted by molar-refractivity contribution is 0.130. The molecular weight excluding hydrogens is 223 g/mol. The first-order chi connectivity index (χ1) is 7.40. The van der Waals surface area contributed by atoms with E-state index < -0.39 is 35.3 Å². The van der Waals surface area contributed by atoms with Gasteiger partial charge in [-0.15, -0.1) is 0 Å². The third-order valence-corrected chi connectivity index (χ3v) is 1.57. The number of nitrogens with one attached hydrogen (secondary N) is 1. The Bertz CT molecular complexity index is 407. The fourth-order valence-corrected chi connectivity index (χ4v) is 1.00. The zero-order valence-corrected chi connectivity index (χ0v) is 8.68. The van der Waals surface area contributed by atoms with E-state index in [-0.39, 0.29) is 0 Å². The Morgan fingerprint density at radius 3 is 2.50 bits per heavy atom. The van der Waals surface area contributed by atoms with Crippen LogP contribution in [0.15, 0.2) is 12.1 Å². The predicted octanol–water partition coefficient (Wildman–Crippen LogP) is 3.06. The van der Waals surface area contributed by atoms with Crippen LogP contribution in [0.2, 0.25) is 0 Å². The van der Waals surface area contributed by atoms with E-state index in [1.165, 1.54) is 0 Å². The third kappa shape index (κ3) is 3.15. The first-order valence-electron chi connectivity index (χ1n) is 4.52. The van der Waals surface area contributed by atoms with Gasteiger partial charge in [0.15, 0.2) is 11.6 Å². The maximum Gasteiger partial charge on any atom is 0.411 e. The van der Waals surface area contributed by atoms with Gasteiger partial charge in [0.05, 0.1) is 11.8 Å². The molecule has 0 bridgehead atoms. The molecule has 3 nitrogen and oxygen atoms in total. The number of carbonyl (C=O) groups is 1. The molecule has 6 heteroatoms. The van der Waals surface area contributed by atoms with Crippen molar-refractivity contribution in [3.05, 3.63) is 29.6 Å². The highest BCUT2D eigenvalue weighted by atomic mass is 19.2. The Morgan fingerprint density at radius 1 is 1.31 bits per heavy atom. The van der Waals surface area contributed by atoms with Gasteiger partial charge < -0.3 is 4.74 Å². The number of hydrogen-bond donors (Lipinski definition) is 1. The smallest absolute Gasteiger partial charge is 0.411 e. The van der Waals surface area contributed by atoms with Crippen LogP contribution in [0.5, 0.6) is 0 Å². The van der Waals surface area contributed by atoms with Gasteiger partial charge in [0.1, 0.15) is 5.82 Å². The standard InChI is InChI=1S/C10H10F3NO2/c1-5(2)16-10(15)14-8-4-6(11)3-7(12)9(8)13/h3-5H,1-2H3,(H,14,15). The van der Waals surface area contributed by atoms with Crippen molar-refractivity contribution in [1.29, 1.82) is 0 Å². The SMILES string of the molecule is CC(C)OC(=O)Nc1cc(F)cc(F)c1F. The molecule has 16 heavy (non-hydrogen) atoms. The van der Waals surface area contributed by atoms with E-state index >= 15 is 0 Å². The van der Waals surface area contributed by atoms with Gasteiger partial charge in [-0.25, -0.2) is 18.0 Å². The Hall–Kier alpha value is -1.72. The number of amides is 1. The minimum absolute atomic E-state index is 0.383. The summed E-state index contributed by atoms with van der Waals surface area (Å²) >= 11 is 0. The van der Waals surface area contributed by atoms with Crippen LogP contribution in [-0.2, 0) is 4.74 Å². The quantitative estimate of drug-likeness (QED) is 0.797. The normalized spacial score (nSPS) is 10.4. The topological polar surface area (TPSA) is 38.3 Å². The zero-order valence-electron chi connectivity index (χ0n) is 8.68. The van der Waals surface area contributed by atoms with Crippen LogP contribution in [0.3, 0.4) is 0 Å². The van der Waals surface area contributed by atoms with E-state index in [2.05, 4.69) is 4.74 Å². The summed E-state index contributed by atoms with van der Waals surface area (Å²) in [6.07, 6.45) is -1.39. The van der Waals surface area contributed by atoms with Crippen molar-refractivity contribution < 1.29 is 22.7 Å². The monoisotopic (exact) mass is 233 g/mol. The second-order valence-electron chi connectivity index (χ2n) is 3.33. The summed E-state index contributed by atoms with van der Waals surface area (Å²) in [4.78, 5) is 11.1. The van der Waals surface area contributed by atoms with E-state index in [1.54, 1.807) is 13.8 Å². The first-order valence-corrected chi connectivity index (χ1v) is 4.52. The maximum atomic E-state index is 13.1. The van der Waals surface area contributed by atoms with Crippen molar-refractivity contribution in [2.45, 2.75) is 20.0 Å². The fourth-order valence-electron chi connectivity index (χ4n) is 1.00. The van der Waals surface area contributed by atoms with Crippen LogP contribution in [0.25, 0.3) is 0 Å². The van der Waals surface area contributed by atoms with Crippen LogP contribution in [0.1, 0.15) is 13.8 Å². The molecule has 1 aromatic carbocycles. The summed E-state index contributed by atoms with van der Waals surface area (Å²) in [6.45, 7) is 3.17. The lowest BCUT2D eigenvalue weighted by Gasteiger charge is -2.10. The van der Waals surface area contributed by atoms with Crippen LogP contribution >= 0.6 is 0 Å². The molecule has 88 valence electrons. The van der Waals surface area contributed by atoms with E-state index in [1.807, 2.05) is 5.32 Å². The summed E-state index contributed by atoms with van der Waals surface area (Å²) in [5.41, 5.74) is -0.594. The zero-order chi connectivity index (χ0) is 12.3. The van der Waals surface area contributed by atoms with Gasteiger partial charge in [-0.05, 0) is 13.8 Å². The van der Waals surface area contributed by atoms with Gasteiger partial charge in [0.2, 0.25) is 0 Å². The first kappa shape index (κ1) is 12.4. The Kier molecular flexibility index (Phi) is 3.76. The van der Waals surface area contributed by atoms with E-state index in [0.717, 1.165) is 0 Å². The van der Waals surface area contributed by atoms with Gasteiger partial charge >= 0.3 is 6.09 Å². The molecule has 1 amide bonds. The average molecular weight is 233 g/mol. The molecule has 1 aromatic rings. The number of rotatable bonds is 2. The van der Waals surface area contributed by atoms with Gasteiger partial charge in [0, 0.05) is 12.1 Å². The summed E-state index contributed by atoms with van der Waals surface area (Å²) < 4.78 is 43.2. The lowest BCUT2D eigenvalue weighted by Crippen LogP contribution is -2.19. The van der Waals surface area contributed by atoms with Crippen LogP contribution < -0.4 is 5.32 Å². The lowest BCUT2D eigenvalue weighted by atomic mass is 10.3. The number of ether oxygens (including phenoxy) is 1. The average Bonchev–Trinajstić information content (AvgIpc) is 2.11. The number of hydrogen-bond acceptors (Lipinski definition) is 2. The molecule has 0 saturated heterocycles. The number of carbonyl (C=O) groups excluding carboxylic acids is 1. The van der Waals surface area contributed by atoms with Crippen molar-refractivity contribution in [3.8, 4) is 0 Å². The molecule has 0 radical (unpaired) electrons. The van der Waals surface area contributed by atoms with E-state index in [0.29, 0.717) is 12.1 Å². The molecule has 0 fully saturated rings. The molecular formula is C10H10F3NO2. The van der Waals surface area contributed by atoms with Crippen molar-refractivity contribution in [2.24, 2.45) is 0 Å². The molecule has 0 saturated carbocycles. The molecule has 0 heterocycles. The summed E-state index contributed by atoms with van der Waals surface area (Å²) in [7, 11) is 0. The Balaban J connectivity index is 2.85. The molecule has 0 aliphatic carbocycles. The largest absolute Gasteiger partial charge is 0.447 e. The minimum Gasteiger partial charge on any atom is -0.447 e. The molecule has 0 unspecified atom stereocenters. The second kappa shape index (κ2) is 4.87. The van der Waals surface area contributed by atoms with Crippen molar-refractivity contribution in [1.82, 2.24) is 0 Å². The summed E-state index contributed by atoms with van der Waals surface area (Å²) in [5, 5.41) is 1.91. The van der Waals surface area contributed by atoms with Crippen LogP contribution in [0.4, 0.5) is 23.7 Å². The van der Waals surface area contributed by atoms with Crippen molar-refractivity contribution in [2.75, 3.05) is 5.32 Å². The second-order valence-corrected chi connectivity index (χ2v) is 3.33. The highest BCUT2D eigenvalue weighted by Crippen LogP contribution is 2.19. The summed E-state index contributed by atoms with van der Waals surface area (Å²) in [5.74, 6) is -3.69. The van der Waals surface area contributed by atoms with Crippen molar-refractivity contribution in [3.63, 3.8) is 0 Å². The molecule has 0 aliphatic heterocycles. The highest BCUT2D eigenvalue weighted by Gasteiger charge is 2.14. The van der Waals surface area contributed by atoms with Crippen LogP contribution in [-0.4, -0.2) is 12.2 Å². The highest BCUT2D eigenvalue weighted by molar-refractivity contribution is 5.84. The number of anilines is 1. The maximum absolute atomic E-state index is 13.1. The molecule has 0 spiro atoms. The molecule has 0 aromatic heterocycles. The molecule has 0 atom stereocenters.